The molecule has 1 atom stereocenters. The molecular weight excluding hydrogens is 192 g/mol. The second kappa shape index (κ2) is 4.76. The summed E-state index contributed by atoms with van der Waals surface area (Å²) in [6.07, 6.45) is 2.65. The van der Waals surface area contributed by atoms with Crippen molar-refractivity contribution in [3.8, 4) is 11.9 Å². The SMILES string of the molecule is N#Cc1cccnc1OCC1CCOC1. The van der Waals surface area contributed by atoms with Crippen molar-refractivity contribution in [2.24, 2.45) is 5.92 Å². The van der Waals surface area contributed by atoms with E-state index in [1.165, 1.54) is 0 Å². The summed E-state index contributed by atoms with van der Waals surface area (Å²) in [6.45, 7) is 2.13. The summed E-state index contributed by atoms with van der Waals surface area (Å²) in [4.78, 5) is 4.02. The number of hydrogen-bond donors (Lipinski definition) is 0. The molecule has 1 aromatic rings. The molecule has 1 aliphatic heterocycles. The molecule has 0 N–H and O–H groups in total. The molecular formula is C11H12N2O2. The molecule has 1 fully saturated rings. The van der Waals surface area contributed by atoms with Gasteiger partial charge in [-0.25, -0.2) is 4.98 Å². The fourth-order valence-electron chi connectivity index (χ4n) is 1.50. The second-order valence-corrected chi connectivity index (χ2v) is 3.51. The van der Waals surface area contributed by atoms with Crippen molar-refractivity contribution in [2.45, 2.75) is 6.42 Å². The Labute approximate surface area is 88.5 Å². The summed E-state index contributed by atoms with van der Waals surface area (Å²) in [5.74, 6) is 0.852. The topological polar surface area (TPSA) is 55.1 Å². The minimum Gasteiger partial charge on any atom is -0.476 e. The Hall–Kier alpha value is -1.60. The molecule has 0 saturated carbocycles. The number of pyridine rings is 1. The first-order valence-electron chi connectivity index (χ1n) is 4.96. The number of ether oxygens (including phenoxy) is 2. The van der Waals surface area contributed by atoms with Crippen LogP contribution in [0.25, 0.3) is 0 Å². The van der Waals surface area contributed by atoms with Crippen LogP contribution in [-0.4, -0.2) is 24.8 Å². The zero-order valence-corrected chi connectivity index (χ0v) is 8.35. The van der Waals surface area contributed by atoms with E-state index < -0.39 is 0 Å². The second-order valence-electron chi connectivity index (χ2n) is 3.51. The highest BCUT2D eigenvalue weighted by Gasteiger charge is 2.17. The molecule has 1 saturated heterocycles. The zero-order valence-electron chi connectivity index (χ0n) is 8.35. The molecule has 0 amide bonds. The molecule has 0 bridgehead atoms. The van der Waals surface area contributed by atoms with Crippen molar-refractivity contribution < 1.29 is 9.47 Å². The molecule has 2 heterocycles. The van der Waals surface area contributed by atoms with E-state index in [-0.39, 0.29) is 0 Å². The van der Waals surface area contributed by atoms with E-state index in [2.05, 4.69) is 11.1 Å². The third-order valence-electron chi connectivity index (χ3n) is 2.37. The highest BCUT2D eigenvalue weighted by atomic mass is 16.5. The monoisotopic (exact) mass is 204 g/mol. The van der Waals surface area contributed by atoms with Gasteiger partial charge in [-0.15, -0.1) is 0 Å². The smallest absolute Gasteiger partial charge is 0.231 e. The van der Waals surface area contributed by atoms with E-state index in [0.717, 1.165) is 19.6 Å². The van der Waals surface area contributed by atoms with Crippen LogP contribution in [0.15, 0.2) is 18.3 Å². The Balaban J connectivity index is 1.95. The van der Waals surface area contributed by atoms with Gasteiger partial charge < -0.3 is 9.47 Å². The first-order chi connectivity index (χ1) is 7.40. The molecule has 4 nitrogen and oxygen atoms in total. The summed E-state index contributed by atoms with van der Waals surface area (Å²) >= 11 is 0. The number of nitrogens with zero attached hydrogens (tertiary/aromatic N) is 2. The lowest BCUT2D eigenvalue weighted by molar-refractivity contribution is 0.165. The molecule has 4 heteroatoms. The van der Waals surface area contributed by atoms with E-state index in [9.17, 15) is 0 Å². The van der Waals surface area contributed by atoms with Gasteiger partial charge in [-0.2, -0.15) is 5.26 Å². The number of hydrogen-bond acceptors (Lipinski definition) is 4. The number of aromatic nitrogens is 1. The van der Waals surface area contributed by atoms with E-state index in [4.69, 9.17) is 14.7 Å². The third kappa shape index (κ3) is 2.45. The summed E-state index contributed by atoms with van der Waals surface area (Å²) in [5.41, 5.74) is 0.483. The third-order valence-corrected chi connectivity index (χ3v) is 2.37. The maximum Gasteiger partial charge on any atom is 0.231 e. The van der Waals surface area contributed by atoms with E-state index in [1.807, 2.05) is 0 Å². The van der Waals surface area contributed by atoms with Gasteiger partial charge in [-0.3, -0.25) is 0 Å². The van der Waals surface area contributed by atoms with Gasteiger partial charge in [0.05, 0.1) is 13.2 Å². The van der Waals surface area contributed by atoms with Gasteiger partial charge in [0.2, 0.25) is 5.88 Å². The Morgan fingerprint density at radius 2 is 2.60 bits per heavy atom. The lowest BCUT2D eigenvalue weighted by Crippen LogP contribution is -2.12. The zero-order chi connectivity index (χ0) is 10.5. The van der Waals surface area contributed by atoms with Crippen molar-refractivity contribution in [3.05, 3.63) is 23.9 Å². The average Bonchev–Trinajstić information content (AvgIpc) is 2.79. The normalized spacial score (nSPS) is 19.8. The van der Waals surface area contributed by atoms with Crippen molar-refractivity contribution in [3.63, 3.8) is 0 Å². The summed E-state index contributed by atoms with van der Waals surface area (Å²) in [6, 6.07) is 5.48. The molecule has 78 valence electrons. The first kappa shape index (κ1) is 9.94. The fourth-order valence-corrected chi connectivity index (χ4v) is 1.50. The predicted octanol–water partition coefficient (Wildman–Crippen LogP) is 1.37. The van der Waals surface area contributed by atoms with Gasteiger partial charge in [0.1, 0.15) is 11.6 Å². The number of nitriles is 1. The van der Waals surface area contributed by atoms with Crippen LogP contribution >= 0.6 is 0 Å². The molecule has 0 aromatic carbocycles. The number of rotatable bonds is 3. The maximum absolute atomic E-state index is 8.82. The van der Waals surface area contributed by atoms with Crippen LogP contribution in [0.2, 0.25) is 0 Å². The van der Waals surface area contributed by atoms with Crippen LogP contribution in [0.1, 0.15) is 12.0 Å². The van der Waals surface area contributed by atoms with Crippen LogP contribution < -0.4 is 4.74 Å². The Morgan fingerprint density at radius 1 is 1.67 bits per heavy atom. The Morgan fingerprint density at radius 3 is 3.33 bits per heavy atom. The standard InChI is InChI=1S/C11H12N2O2/c12-6-10-2-1-4-13-11(10)15-8-9-3-5-14-7-9/h1-2,4,9H,3,5,7-8H2. The first-order valence-corrected chi connectivity index (χ1v) is 4.96. The average molecular weight is 204 g/mol. The van der Waals surface area contributed by atoms with Crippen molar-refractivity contribution >= 4 is 0 Å². The van der Waals surface area contributed by atoms with Gasteiger partial charge >= 0.3 is 0 Å². The molecule has 15 heavy (non-hydrogen) atoms. The van der Waals surface area contributed by atoms with Crippen molar-refractivity contribution in [2.75, 3.05) is 19.8 Å². The van der Waals surface area contributed by atoms with Gasteiger partial charge in [-0.1, -0.05) is 0 Å². The quantitative estimate of drug-likeness (QED) is 0.746. The molecule has 1 aliphatic rings. The van der Waals surface area contributed by atoms with Crippen molar-refractivity contribution in [1.29, 1.82) is 5.26 Å². The lowest BCUT2D eigenvalue weighted by atomic mass is 10.1. The van der Waals surface area contributed by atoms with Crippen LogP contribution in [0.4, 0.5) is 0 Å². The van der Waals surface area contributed by atoms with Gasteiger partial charge in [0, 0.05) is 18.7 Å². The summed E-state index contributed by atoms with van der Waals surface area (Å²) in [7, 11) is 0. The molecule has 1 unspecified atom stereocenters. The molecule has 0 radical (unpaired) electrons. The highest BCUT2D eigenvalue weighted by Crippen LogP contribution is 2.17. The van der Waals surface area contributed by atoms with Gasteiger partial charge in [0.15, 0.2) is 0 Å². The van der Waals surface area contributed by atoms with Crippen LogP contribution in [0.3, 0.4) is 0 Å². The van der Waals surface area contributed by atoms with E-state index >= 15 is 0 Å². The molecule has 0 spiro atoms. The Bertz CT molecular complexity index is 367. The minimum atomic E-state index is 0.423. The predicted molar refractivity (Wildman–Crippen MR) is 53.4 cm³/mol. The minimum absolute atomic E-state index is 0.423. The van der Waals surface area contributed by atoms with Gasteiger partial charge in [0.25, 0.3) is 0 Å². The van der Waals surface area contributed by atoms with E-state index in [1.54, 1.807) is 18.3 Å². The molecule has 1 aromatic heterocycles. The molecule has 2 rings (SSSR count). The largest absolute Gasteiger partial charge is 0.476 e. The fraction of sp³-hybridized carbons (Fsp3) is 0.455. The van der Waals surface area contributed by atoms with Gasteiger partial charge in [-0.05, 0) is 18.6 Å². The van der Waals surface area contributed by atoms with Crippen LogP contribution in [-0.2, 0) is 4.74 Å². The lowest BCUT2D eigenvalue weighted by Gasteiger charge is -2.09. The van der Waals surface area contributed by atoms with Crippen LogP contribution in [0.5, 0.6) is 5.88 Å². The highest BCUT2D eigenvalue weighted by molar-refractivity contribution is 5.36. The molecule has 0 aliphatic carbocycles. The Kier molecular flexibility index (Phi) is 3.15. The summed E-state index contributed by atoms with van der Waals surface area (Å²) in [5, 5.41) is 8.82. The summed E-state index contributed by atoms with van der Waals surface area (Å²) < 4.78 is 10.7. The van der Waals surface area contributed by atoms with Crippen LogP contribution in [0, 0.1) is 17.2 Å². The van der Waals surface area contributed by atoms with E-state index in [0.29, 0.717) is 24.0 Å². The van der Waals surface area contributed by atoms with Crippen molar-refractivity contribution in [1.82, 2.24) is 4.98 Å². The maximum atomic E-state index is 8.82.